The number of unbranched alkanes of at least 4 members (excludes halogenated alkanes) is 12. The molecule has 0 saturated carbocycles. The molecule has 3 N–H and O–H groups in total. The van der Waals surface area contributed by atoms with Crippen molar-refractivity contribution in [3.05, 3.63) is 0 Å². The van der Waals surface area contributed by atoms with E-state index >= 15 is 0 Å². The van der Waals surface area contributed by atoms with E-state index in [0.29, 0.717) is 6.42 Å². The SMILES string of the molecule is CCCCCCCCCCCCCCCC(=O)OC(CO)C1OCC(O)C1O. The number of carbonyl (C=O) groups is 1. The van der Waals surface area contributed by atoms with Crippen LogP contribution in [0.5, 0.6) is 0 Å². The summed E-state index contributed by atoms with van der Waals surface area (Å²) in [6.07, 6.45) is 12.6. The first-order valence-corrected chi connectivity index (χ1v) is 11.4. The van der Waals surface area contributed by atoms with Gasteiger partial charge in [-0.05, 0) is 6.42 Å². The summed E-state index contributed by atoms with van der Waals surface area (Å²) in [7, 11) is 0. The van der Waals surface area contributed by atoms with Crippen LogP contribution in [0.4, 0.5) is 0 Å². The highest BCUT2D eigenvalue weighted by Gasteiger charge is 2.41. The molecule has 0 bridgehead atoms. The second-order valence-corrected chi connectivity index (χ2v) is 8.06. The number of aliphatic hydroxyl groups is 3. The van der Waals surface area contributed by atoms with E-state index in [9.17, 15) is 20.1 Å². The molecule has 4 unspecified atom stereocenters. The number of hydrogen-bond acceptors (Lipinski definition) is 6. The van der Waals surface area contributed by atoms with Crippen molar-refractivity contribution in [2.45, 2.75) is 121 Å². The van der Waals surface area contributed by atoms with Crippen LogP contribution in [0.25, 0.3) is 0 Å². The van der Waals surface area contributed by atoms with Crippen LogP contribution in [0, 0.1) is 0 Å². The van der Waals surface area contributed by atoms with Gasteiger partial charge < -0.3 is 24.8 Å². The van der Waals surface area contributed by atoms with Gasteiger partial charge in [0, 0.05) is 6.42 Å². The van der Waals surface area contributed by atoms with Crippen LogP contribution in [0.2, 0.25) is 0 Å². The minimum absolute atomic E-state index is 0.0151. The summed E-state index contributed by atoms with van der Waals surface area (Å²) in [5, 5.41) is 28.7. The molecule has 1 saturated heterocycles. The number of carbonyl (C=O) groups excluding carboxylic acids is 1. The lowest BCUT2D eigenvalue weighted by atomic mass is 10.0. The Kier molecular flexibility index (Phi) is 14.6. The number of aliphatic hydroxyl groups excluding tert-OH is 3. The molecule has 6 heteroatoms. The molecule has 0 amide bonds. The van der Waals surface area contributed by atoms with Gasteiger partial charge in [-0.3, -0.25) is 4.79 Å². The lowest BCUT2D eigenvalue weighted by molar-refractivity contribution is -0.162. The van der Waals surface area contributed by atoms with Gasteiger partial charge in [0.2, 0.25) is 0 Å². The molecule has 0 spiro atoms. The number of hydrogen-bond donors (Lipinski definition) is 3. The van der Waals surface area contributed by atoms with Crippen molar-refractivity contribution < 1.29 is 29.6 Å². The molecule has 1 aliphatic heterocycles. The van der Waals surface area contributed by atoms with Crippen molar-refractivity contribution in [2.24, 2.45) is 0 Å². The third-order valence-corrected chi connectivity index (χ3v) is 5.50. The molecule has 1 heterocycles. The topological polar surface area (TPSA) is 96.2 Å². The highest BCUT2D eigenvalue weighted by Crippen LogP contribution is 2.20. The maximum Gasteiger partial charge on any atom is 0.306 e. The molecule has 0 aromatic heterocycles. The van der Waals surface area contributed by atoms with Crippen LogP contribution in [-0.2, 0) is 14.3 Å². The summed E-state index contributed by atoms with van der Waals surface area (Å²) in [6.45, 7) is 1.80. The Morgan fingerprint density at radius 1 is 0.929 bits per heavy atom. The summed E-state index contributed by atoms with van der Waals surface area (Å²) < 4.78 is 10.4. The molecule has 1 aliphatic rings. The zero-order chi connectivity index (χ0) is 20.6. The van der Waals surface area contributed by atoms with Crippen molar-refractivity contribution in [3.63, 3.8) is 0 Å². The van der Waals surface area contributed by atoms with Gasteiger partial charge in [-0.2, -0.15) is 0 Å². The lowest BCUT2D eigenvalue weighted by Crippen LogP contribution is -2.43. The van der Waals surface area contributed by atoms with E-state index in [2.05, 4.69) is 6.92 Å². The second kappa shape index (κ2) is 16.1. The first kappa shape index (κ1) is 25.3. The van der Waals surface area contributed by atoms with Crippen LogP contribution < -0.4 is 0 Å². The van der Waals surface area contributed by atoms with Crippen LogP contribution in [0.3, 0.4) is 0 Å². The van der Waals surface area contributed by atoms with Crippen molar-refractivity contribution in [1.82, 2.24) is 0 Å². The fraction of sp³-hybridized carbons (Fsp3) is 0.955. The maximum atomic E-state index is 11.9. The van der Waals surface area contributed by atoms with E-state index in [1.54, 1.807) is 0 Å². The normalized spacial score (nSPS) is 23.1. The predicted octanol–water partition coefficient (Wildman–Crippen LogP) is 3.49. The van der Waals surface area contributed by atoms with Crippen molar-refractivity contribution in [2.75, 3.05) is 13.2 Å². The standard InChI is InChI=1S/C22H42O6/c1-2-3-4-5-6-7-8-9-10-11-12-13-14-15-20(25)28-19(16-23)22-21(26)18(24)17-27-22/h18-19,21-24,26H,2-17H2,1H3. The second-order valence-electron chi connectivity index (χ2n) is 8.06. The molecule has 4 atom stereocenters. The van der Waals surface area contributed by atoms with Crippen LogP contribution in [-0.4, -0.2) is 58.9 Å². The van der Waals surface area contributed by atoms with E-state index in [1.165, 1.54) is 64.2 Å². The average Bonchev–Trinajstić information content (AvgIpc) is 3.02. The summed E-state index contributed by atoms with van der Waals surface area (Å²) >= 11 is 0. The summed E-state index contributed by atoms with van der Waals surface area (Å²) in [5.74, 6) is -0.390. The Balaban J connectivity index is 1.95. The lowest BCUT2D eigenvalue weighted by Gasteiger charge is -2.24. The molecule has 0 radical (unpaired) electrons. The Bertz CT molecular complexity index is 389. The van der Waals surface area contributed by atoms with E-state index < -0.39 is 31.0 Å². The molecule has 0 aromatic carbocycles. The first-order valence-electron chi connectivity index (χ1n) is 11.4. The molecule has 28 heavy (non-hydrogen) atoms. The Labute approximate surface area is 170 Å². The molecule has 166 valence electrons. The molecule has 0 aromatic rings. The van der Waals surface area contributed by atoms with Gasteiger partial charge in [0.25, 0.3) is 0 Å². The Morgan fingerprint density at radius 2 is 1.43 bits per heavy atom. The number of ether oxygens (including phenoxy) is 2. The fourth-order valence-electron chi connectivity index (χ4n) is 3.68. The first-order chi connectivity index (χ1) is 13.6. The van der Waals surface area contributed by atoms with Crippen LogP contribution in [0.1, 0.15) is 96.8 Å². The van der Waals surface area contributed by atoms with Gasteiger partial charge in [0.05, 0.1) is 13.2 Å². The van der Waals surface area contributed by atoms with Gasteiger partial charge in [0.15, 0.2) is 6.10 Å². The van der Waals surface area contributed by atoms with Crippen LogP contribution in [0.15, 0.2) is 0 Å². The molecule has 1 fully saturated rings. The Morgan fingerprint density at radius 3 is 1.86 bits per heavy atom. The predicted molar refractivity (Wildman–Crippen MR) is 109 cm³/mol. The van der Waals surface area contributed by atoms with Gasteiger partial charge in [-0.25, -0.2) is 0 Å². The zero-order valence-corrected chi connectivity index (χ0v) is 17.7. The fourth-order valence-corrected chi connectivity index (χ4v) is 3.68. The number of esters is 1. The van der Waals surface area contributed by atoms with Gasteiger partial charge in [-0.15, -0.1) is 0 Å². The third kappa shape index (κ3) is 10.7. The van der Waals surface area contributed by atoms with Crippen molar-refractivity contribution in [1.29, 1.82) is 0 Å². The quantitative estimate of drug-likeness (QED) is 0.255. The average molecular weight is 403 g/mol. The monoisotopic (exact) mass is 402 g/mol. The third-order valence-electron chi connectivity index (χ3n) is 5.50. The van der Waals surface area contributed by atoms with Crippen molar-refractivity contribution >= 4 is 5.97 Å². The largest absolute Gasteiger partial charge is 0.457 e. The highest BCUT2D eigenvalue weighted by atomic mass is 16.6. The number of rotatable bonds is 17. The van der Waals surface area contributed by atoms with E-state index in [4.69, 9.17) is 9.47 Å². The summed E-state index contributed by atoms with van der Waals surface area (Å²) in [6, 6.07) is 0. The molecule has 6 nitrogen and oxygen atoms in total. The van der Waals surface area contributed by atoms with E-state index in [-0.39, 0.29) is 12.6 Å². The van der Waals surface area contributed by atoms with Crippen LogP contribution >= 0.6 is 0 Å². The molecular formula is C22H42O6. The van der Waals surface area contributed by atoms with E-state index in [1.807, 2.05) is 0 Å². The van der Waals surface area contributed by atoms with Crippen molar-refractivity contribution in [3.8, 4) is 0 Å². The minimum atomic E-state index is -1.14. The van der Waals surface area contributed by atoms with Gasteiger partial charge >= 0.3 is 5.97 Å². The molecule has 0 aliphatic carbocycles. The summed E-state index contributed by atoms with van der Waals surface area (Å²) in [5.41, 5.74) is 0. The Hall–Kier alpha value is -0.690. The maximum absolute atomic E-state index is 11.9. The van der Waals surface area contributed by atoms with Gasteiger partial charge in [-0.1, -0.05) is 84.0 Å². The van der Waals surface area contributed by atoms with E-state index in [0.717, 1.165) is 19.3 Å². The smallest absolute Gasteiger partial charge is 0.306 e. The molecule has 1 rings (SSSR count). The minimum Gasteiger partial charge on any atom is -0.457 e. The summed E-state index contributed by atoms with van der Waals surface area (Å²) in [4.78, 5) is 11.9. The van der Waals surface area contributed by atoms with Gasteiger partial charge in [0.1, 0.15) is 18.3 Å². The highest BCUT2D eigenvalue weighted by molar-refractivity contribution is 5.69. The zero-order valence-electron chi connectivity index (χ0n) is 17.7. The molecular weight excluding hydrogens is 360 g/mol.